The van der Waals surface area contributed by atoms with E-state index < -0.39 is 0 Å². The van der Waals surface area contributed by atoms with Crippen molar-refractivity contribution in [3.8, 4) is 0 Å². The standard InChI is InChI=1S/C13H25N5O/c1-4-7-18(8-5-2)13-9-11(17-14)15-12(16-13)10-19-6-3/h9H,4-8,10,14H2,1-3H3,(H,15,16,17). The average molecular weight is 267 g/mol. The molecule has 1 heterocycles. The molecule has 6 heteroatoms. The Kier molecular flexibility index (Phi) is 7.14. The van der Waals surface area contributed by atoms with Crippen LogP contribution in [0.1, 0.15) is 39.4 Å². The molecule has 0 aliphatic carbocycles. The molecule has 19 heavy (non-hydrogen) atoms. The van der Waals surface area contributed by atoms with Gasteiger partial charge in [-0.15, -0.1) is 0 Å². The van der Waals surface area contributed by atoms with Crippen molar-refractivity contribution in [2.75, 3.05) is 30.0 Å². The highest BCUT2D eigenvalue weighted by molar-refractivity contribution is 5.48. The number of hydrogen-bond donors (Lipinski definition) is 2. The number of nitrogens with two attached hydrogens (primary N) is 1. The molecule has 108 valence electrons. The van der Waals surface area contributed by atoms with Gasteiger partial charge < -0.3 is 15.1 Å². The van der Waals surface area contributed by atoms with E-state index in [2.05, 4.69) is 34.1 Å². The van der Waals surface area contributed by atoms with E-state index in [0.717, 1.165) is 31.7 Å². The molecule has 1 aromatic heterocycles. The van der Waals surface area contributed by atoms with Gasteiger partial charge in [0.1, 0.15) is 18.2 Å². The number of nitrogens with one attached hydrogen (secondary N) is 1. The zero-order valence-electron chi connectivity index (χ0n) is 12.1. The van der Waals surface area contributed by atoms with Gasteiger partial charge in [-0.1, -0.05) is 13.8 Å². The number of nitrogens with zero attached hydrogens (tertiary/aromatic N) is 3. The van der Waals surface area contributed by atoms with E-state index in [0.29, 0.717) is 24.9 Å². The van der Waals surface area contributed by atoms with Crippen molar-refractivity contribution in [1.82, 2.24) is 9.97 Å². The predicted octanol–water partition coefficient (Wildman–Crippen LogP) is 1.93. The van der Waals surface area contributed by atoms with Crippen LogP contribution in [0.15, 0.2) is 6.07 Å². The van der Waals surface area contributed by atoms with Gasteiger partial charge in [-0.05, 0) is 19.8 Å². The fourth-order valence-corrected chi connectivity index (χ4v) is 1.86. The van der Waals surface area contributed by atoms with E-state index in [-0.39, 0.29) is 0 Å². The minimum Gasteiger partial charge on any atom is -0.374 e. The molecule has 0 saturated carbocycles. The van der Waals surface area contributed by atoms with Crippen LogP contribution >= 0.6 is 0 Å². The highest BCUT2D eigenvalue weighted by Gasteiger charge is 2.10. The Balaban J connectivity index is 2.95. The molecule has 0 amide bonds. The molecule has 0 radical (unpaired) electrons. The third-order valence-electron chi connectivity index (χ3n) is 2.65. The van der Waals surface area contributed by atoms with E-state index in [1.165, 1.54) is 0 Å². The number of nitrogen functional groups attached to an aromatic ring is 1. The summed E-state index contributed by atoms with van der Waals surface area (Å²) in [5.41, 5.74) is 2.59. The van der Waals surface area contributed by atoms with Crippen molar-refractivity contribution in [1.29, 1.82) is 0 Å². The lowest BCUT2D eigenvalue weighted by molar-refractivity contribution is 0.128. The van der Waals surface area contributed by atoms with E-state index >= 15 is 0 Å². The van der Waals surface area contributed by atoms with E-state index in [4.69, 9.17) is 10.6 Å². The van der Waals surface area contributed by atoms with Crippen LogP contribution in [0.4, 0.5) is 11.6 Å². The lowest BCUT2D eigenvalue weighted by atomic mass is 10.3. The number of hydrazine groups is 1. The molecule has 0 fully saturated rings. The number of anilines is 2. The Morgan fingerprint density at radius 3 is 2.42 bits per heavy atom. The molecule has 0 saturated heterocycles. The molecule has 0 bridgehead atoms. The summed E-state index contributed by atoms with van der Waals surface area (Å²) in [6.07, 6.45) is 2.16. The molecule has 3 N–H and O–H groups in total. The first-order valence-electron chi connectivity index (χ1n) is 6.92. The third-order valence-corrected chi connectivity index (χ3v) is 2.65. The van der Waals surface area contributed by atoms with E-state index in [1.807, 2.05) is 13.0 Å². The maximum Gasteiger partial charge on any atom is 0.158 e. The summed E-state index contributed by atoms with van der Waals surface area (Å²) < 4.78 is 5.36. The second kappa shape index (κ2) is 8.66. The Morgan fingerprint density at radius 2 is 1.89 bits per heavy atom. The molecule has 0 spiro atoms. The van der Waals surface area contributed by atoms with Crippen molar-refractivity contribution in [2.24, 2.45) is 5.84 Å². The Labute approximate surface area is 115 Å². The van der Waals surface area contributed by atoms with Crippen molar-refractivity contribution < 1.29 is 4.74 Å². The highest BCUT2D eigenvalue weighted by Crippen LogP contribution is 2.16. The minimum absolute atomic E-state index is 0.408. The van der Waals surface area contributed by atoms with Crippen LogP contribution in [0.2, 0.25) is 0 Å². The molecule has 0 aliphatic heterocycles. The van der Waals surface area contributed by atoms with E-state index in [9.17, 15) is 0 Å². The van der Waals surface area contributed by atoms with E-state index in [1.54, 1.807) is 0 Å². The van der Waals surface area contributed by atoms with Crippen LogP contribution in [-0.2, 0) is 11.3 Å². The Bertz CT molecular complexity index is 366. The predicted molar refractivity (Wildman–Crippen MR) is 78.0 cm³/mol. The van der Waals surface area contributed by atoms with Gasteiger partial charge in [0.05, 0.1) is 0 Å². The summed E-state index contributed by atoms with van der Waals surface area (Å²) in [6.45, 7) is 9.27. The number of ether oxygens (including phenoxy) is 1. The monoisotopic (exact) mass is 267 g/mol. The molecule has 0 atom stereocenters. The van der Waals surface area contributed by atoms with Crippen LogP contribution in [0.5, 0.6) is 0 Å². The van der Waals surface area contributed by atoms with Gasteiger partial charge in [-0.25, -0.2) is 15.8 Å². The zero-order valence-corrected chi connectivity index (χ0v) is 12.1. The number of hydrogen-bond acceptors (Lipinski definition) is 6. The second-order valence-corrected chi connectivity index (χ2v) is 4.30. The number of aromatic nitrogens is 2. The third kappa shape index (κ3) is 5.00. The second-order valence-electron chi connectivity index (χ2n) is 4.30. The quantitative estimate of drug-likeness (QED) is 0.526. The van der Waals surface area contributed by atoms with Gasteiger partial charge in [0.2, 0.25) is 0 Å². The molecular formula is C13H25N5O. The largest absolute Gasteiger partial charge is 0.374 e. The zero-order chi connectivity index (χ0) is 14.1. The van der Waals surface area contributed by atoms with Gasteiger partial charge in [0.25, 0.3) is 0 Å². The fourth-order valence-electron chi connectivity index (χ4n) is 1.86. The topological polar surface area (TPSA) is 76.3 Å². The summed E-state index contributed by atoms with van der Waals surface area (Å²) >= 11 is 0. The summed E-state index contributed by atoms with van der Waals surface area (Å²) in [7, 11) is 0. The molecular weight excluding hydrogens is 242 g/mol. The maximum absolute atomic E-state index is 5.46. The van der Waals surface area contributed by atoms with Crippen molar-refractivity contribution in [3.63, 3.8) is 0 Å². The van der Waals surface area contributed by atoms with Crippen LogP contribution in [0.25, 0.3) is 0 Å². The normalized spacial score (nSPS) is 10.5. The summed E-state index contributed by atoms with van der Waals surface area (Å²) in [6, 6.07) is 1.88. The number of rotatable bonds is 9. The summed E-state index contributed by atoms with van der Waals surface area (Å²) in [5, 5.41) is 0. The lowest BCUT2D eigenvalue weighted by Crippen LogP contribution is -2.27. The van der Waals surface area contributed by atoms with Gasteiger partial charge in [0.15, 0.2) is 5.82 Å². The average Bonchev–Trinajstić information content (AvgIpc) is 2.44. The molecule has 0 aromatic carbocycles. The SMILES string of the molecule is CCCN(CCC)c1cc(NN)nc(COCC)n1. The van der Waals surface area contributed by atoms with Gasteiger partial charge >= 0.3 is 0 Å². The molecule has 6 nitrogen and oxygen atoms in total. The summed E-state index contributed by atoms with van der Waals surface area (Å²) in [5.74, 6) is 7.65. The fraction of sp³-hybridized carbons (Fsp3) is 0.692. The van der Waals surface area contributed by atoms with Crippen molar-refractivity contribution >= 4 is 11.6 Å². The van der Waals surface area contributed by atoms with Gasteiger partial charge in [0, 0.05) is 25.8 Å². The van der Waals surface area contributed by atoms with Gasteiger partial charge in [-0.2, -0.15) is 0 Å². The van der Waals surface area contributed by atoms with Crippen molar-refractivity contribution in [2.45, 2.75) is 40.2 Å². The first-order chi connectivity index (χ1) is 9.24. The molecule has 0 unspecified atom stereocenters. The minimum atomic E-state index is 0.408. The summed E-state index contributed by atoms with van der Waals surface area (Å²) in [4.78, 5) is 11.1. The molecule has 1 rings (SSSR count). The smallest absolute Gasteiger partial charge is 0.158 e. The first kappa shape index (κ1) is 15.7. The van der Waals surface area contributed by atoms with Crippen LogP contribution in [0.3, 0.4) is 0 Å². The van der Waals surface area contributed by atoms with Crippen LogP contribution in [-0.4, -0.2) is 29.7 Å². The lowest BCUT2D eigenvalue weighted by Gasteiger charge is -2.23. The van der Waals surface area contributed by atoms with Crippen LogP contribution < -0.4 is 16.2 Å². The molecule has 1 aromatic rings. The molecule has 0 aliphatic rings. The van der Waals surface area contributed by atoms with Gasteiger partial charge in [-0.3, -0.25) is 0 Å². The Hall–Kier alpha value is -1.40. The maximum atomic E-state index is 5.46. The first-order valence-corrected chi connectivity index (χ1v) is 6.92. The van der Waals surface area contributed by atoms with Crippen LogP contribution in [0, 0.1) is 0 Å². The van der Waals surface area contributed by atoms with Crippen molar-refractivity contribution in [3.05, 3.63) is 11.9 Å². The highest BCUT2D eigenvalue weighted by atomic mass is 16.5. The Morgan fingerprint density at radius 1 is 1.21 bits per heavy atom.